The van der Waals surface area contributed by atoms with E-state index in [0.29, 0.717) is 23.9 Å². The van der Waals surface area contributed by atoms with Gasteiger partial charge in [-0.05, 0) is 122 Å². The average molecular weight is 1090 g/mol. The van der Waals surface area contributed by atoms with Crippen LogP contribution in [-0.4, -0.2) is 69.4 Å². The first-order valence-electron chi connectivity index (χ1n) is 30.8. The number of phosphoric acid groups is 1. The predicted molar refractivity (Wildman–Crippen MR) is 330 cm³/mol. The lowest BCUT2D eigenvalue weighted by atomic mass is 10.1. The largest absolute Gasteiger partial charge is 0.756 e. The van der Waals surface area contributed by atoms with Gasteiger partial charge in [-0.1, -0.05) is 226 Å². The van der Waals surface area contributed by atoms with Gasteiger partial charge in [0.05, 0.1) is 33.8 Å². The number of nitrogens with zero attached hydrogens (tertiary/aromatic N) is 1. The van der Waals surface area contributed by atoms with Crippen LogP contribution in [0.15, 0.2) is 122 Å². The molecule has 0 saturated carbocycles. The van der Waals surface area contributed by atoms with Gasteiger partial charge in [0, 0.05) is 12.8 Å². The first-order chi connectivity index (χ1) is 37.4. The first-order valence-corrected chi connectivity index (χ1v) is 32.3. The molecule has 77 heavy (non-hydrogen) atoms. The zero-order valence-corrected chi connectivity index (χ0v) is 51.0. The van der Waals surface area contributed by atoms with Crippen molar-refractivity contribution in [2.75, 3.05) is 40.9 Å². The molecule has 0 aromatic rings. The summed E-state index contributed by atoms with van der Waals surface area (Å²) in [6, 6.07) is -0.920. The summed E-state index contributed by atoms with van der Waals surface area (Å²) in [6.07, 6.45) is 77.4. The number of nitrogens with one attached hydrogen (secondary N) is 1. The second-order valence-electron chi connectivity index (χ2n) is 21.5. The zero-order chi connectivity index (χ0) is 56.4. The zero-order valence-electron chi connectivity index (χ0n) is 50.1. The Balaban J connectivity index is 5.32. The predicted octanol–water partition coefficient (Wildman–Crippen LogP) is 18.5. The third-order valence-corrected chi connectivity index (χ3v) is 13.8. The van der Waals surface area contributed by atoms with Crippen LogP contribution in [0.25, 0.3) is 0 Å². The SMILES string of the molecule is CC/C=C\C/C=C\C/C=C\C/C=C\C/C=C\C/C=C\CCCCCCC(=O)NC(COP(=O)([O-])OCC[N+](C)(C)C)C(/C=C\CCCCCCCCCCC)OC(=O)CCCCCC/C=C\C/C=C\C/C=C\CCCCC. The van der Waals surface area contributed by atoms with Gasteiger partial charge in [0.15, 0.2) is 0 Å². The van der Waals surface area contributed by atoms with Crippen molar-refractivity contribution in [3.63, 3.8) is 0 Å². The molecule has 0 radical (unpaired) electrons. The van der Waals surface area contributed by atoms with Gasteiger partial charge >= 0.3 is 5.97 Å². The molecule has 0 rings (SSSR count). The fraction of sp³-hybridized carbons (Fsp3) is 0.672. The van der Waals surface area contributed by atoms with Crippen molar-refractivity contribution in [3.05, 3.63) is 122 Å². The second kappa shape index (κ2) is 55.7. The van der Waals surface area contributed by atoms with Gasteiger partial charge in [0.2, 0.25) is 5.91 Å². The molecular formula is C67H115N2O7P. The maximum atomic E-state index is 13.5. The van der Waals surface area contributed by atoms with E-state index in [9.17, 15) is 19.0 Å². The molecule has 0 aliphatic carbocycles. The Hall–Kier alpha value is -3.59. The van der Waals surface area contributed by atoms with E-state index in [2.05, 4.69) is 135 Å². The van der Waals surface area contributed by atoms with Crippen LogP contribution in [0, 0.1) is 0 Å². The molecule has 0 aliphatic heterocycles. The van der Waals surface area contributed by atoms with Gasteiger partial charge in [-0.25, -0.2) is 0 Å². The summed E-state index contributed by atoms with van der Waals surface area (Å²) in [5, 5.41) is 3.00. The topological polar surface area (TPSA) is 114 Å². The Morgan fingerprint density at radius 3 is 1.27 bits per heavy atom. The fourth-order valence-electron chi connectivity index (χ4n) is 8.12. The number of carbonyl (C=O) groups is 2. The van der Waals surface area contributed by atoms with Crippen molar-refractivity contribution >= 4 is 19.7 Å². The number of quaternary nitrogens is 1. The van der Waals surface area contributed by atoms with Gasteiger partial charge in [0.25, 0.3) is 7.82 Å². The molecular weight excluding hydrogens is 976 g/mol. The normalized spacial score (nSPS) is 14.5. The molecule has 1 N–H and O–H groups in total. The molecule has 9 nitrogen and oxygen atoms in total. The van der Waals surface area contributed by atoms with Gasteiger partial charge in [-0.2, -0.15) is 0 Å². The number of unbranched alkanes of at least 4 members (excludes halogenated alkanes) is 20. The minimum atomic E-state index is -4.72. The van der Waals surface area contributed by atoms with Crippen molar-refractivity contribution in [3.8, 4) is 0 Å². The molecule has 3 atom stereocenters. The van der Waals surface area contributed by atoms with Crippen molar-refractivity contribution in [1.29, 1.82) is 0 Å². The van der Waals surface area contributed by atoms with E-state index in [-0.39, 0.29) is 31.3 Å². The Labute approximate surface area is 473 Å². The summed E-state index contributed by atoms with van der Waals surface area (Å²) in [7, 11) is 1.13. The minimum Gasteiger partial charge on any atom is -0.756 e. The van der Waals surface area contributed by atoms with Gasteiger partial charge in [0.1, 0.15) is 19.3 Å². The number of hydrogen-bond donors (Lipinski definition) is 1. The molecule has 0 heterocycles. The van der Waals surface area contributed by atoms with Gasteiger partial charge in [-0.15, -0.1) is 0 Å². The van der Waals surface area contributed by atoms with E-state index >= 15 is 0 Å². The smallest absolute Gasteiger partial charge is 0.306 e. The Bertz CT molecular complexity index is 1730. The van der Waals surface area contributed by atoms with Crippen molar-refractivity contribution < 1.29 is 37.3 Å². The second-order valence-corrected chi connectivity index (χ2v) is 22.9. The lowest BCUT2D eigenvalue weighted by Crippen LogP contribution is -2.47. The maximum Gasteiger partial charge on any atom is 0.306 e. The van der Waals surface area contributed by atoms with E-state index in [1.807, 2.05) is 33.3 Å². The third-order valence-electron chi connectivity index (χ3n) is 12.9. The van der Waals surface area contributed by atoms with E-state index in [0.717, 1.165) is 122 Å². The molecule has 0 bridgehead atoms. The van der Waals surface area contributed by atoms with E-state index in [1.54, 1.807) is 0 Å². The van der Waals surface area contributed by atoms with Crippen LogP contribution < -0.4 is 10.2 Å². The molecule has 10 heteroatoms. The third kappa shape index (κ3) is 56.9. The Morgan fingerprint density at radius 1 is 0.468 bits per heavy atom. The van der Waals surface area contributed by atoms with Crippen LogP contribution in [0.5, 0.6) is 0 Å². The van der Waals surface area contributed by atoms with Crippen LogP contribution in [-0.2, 0) is 27.9 Å². The van der Waals surface area contributed by atoms with Crippen LogP contribution in [0.1, 0.15) is 239 Å². The Morgan fingerprint density at radius 2 is 0.831 bits per heavy atom. The summed E-state index contributed by atoms with van der Waals surface area (Å²) in [6.45, 7) is 6.64. The quantitative estimate of drug-likeness (QED) is 0.0212. The van der Waals surface area contributed by atoms with Crippen LogP contribution in [0.3, 0.4) is 0 Å². The monoisotopic (exact) mass is 1090 g/mol. The highest BCUT2D eigenvalue weighted by molar-refractivity contribution is 7.45. The highest BCUT2D eigenvalue weighted by Crippen LogP contribution is 2.38. The number of amides is 1. The van der Waals surface area contributed by atoms with Crippen molar-refractivity contribution in [2.24, 2.45) is 0 Å². The van der Waals surface area contributed by atoms with Gasteiger partial charge in [-0.3, -0.25) is 14.2 Å². The highest BCUT2D eigenvalue weighted by Gasteiger charge is 2.27. The highest BCUT2D eigenvalue weighted by atomic mass is 31.2. The number of phosphoric ester groups is 1. The maximum absolute atomic E-state index is 13.5. The van der Waals surface area contributed by atoms with Crippen molar-refractivity contribution in [1.82, 2.24) is 5.32 Å². The average Bonchev–Trinajstić information content (AvgIpc) is 3.39. The number of ether oxygens (including phenoxy) is 1. The molecule has 440 valence electrons. The van der Waals surface area contributed by atoms with Crippen LogP contribution >= 0.6 is 7.82 Å². The fourth-order valence-corrected chi connectivity index (χ4v) is 8.84. The van der Waals surface area contributed by atoms with Crippen molar-refractivity contribution in [2.45, 2.75) is 251 Å². The summed E-state index contributed by atoms with van der Waals surface area (Å²) in [5.41, 5.74) is 0. The molecule has 3 unspecified atom stereocenters. The van der Waals surface area contributed by atoms with E-state index in [1.165, 1.54) is 70.6 Å². The van der Waals surface area contributed by atoms with Crippen LogP contribution in [0.4, 0.5) is 0 Å². The van der Waals surface area contributed by atoms with E-state index in [4.69, 9.17) is 13.8 Å². The molecule has 0 fully saturated rings. The molecule has 0 aromatic heterocycles. The number of likely N-dealkylation sites (N-methyl/N-ethyl adjacent to an activating group) is 1. The minimum absolute atomic E-state index is 0.0382. The molecule has 0 saturated heterocycles. The molecule has 0 aromatic carbocycles. The molecule has 1 amide bonds. The number of hydrogen-bond acceptors (Lipinski definition) is 7. The lowest BCUT2D eigenvalue weighted by Gasteiger charge is -2.30. The number of carbonyl (C=O) groups excluding carboxylic acids is 2. The number of rotatable bonds is 54. The number of esters is 1. The summed E-state index contributed by atoms with van der Waals surface area (Å²) in [5.74, 6) is -0.605. The first kappa shape index (κ1) is 73.4. The summed E-state index contributed by atoms with van der Waals surface area (Å²) in [4.78, 5) is 40.0. The summed E-state index contributed by atoms with van der Waals surface area (Å²) >= 11 is 0. The Kier molecular flexibility index (Phi) is 53.1. The standard InChI is InChI=1S/C67H115N2O7P/c1-7-10-13-16-19-22-25-27-29-31-32-33-34-35-36-38-39-41-44-47-50-53-56-59-66(70)68-64(63-75-77(72,73)74-62-61-69(4,5)6)65(58-55-52-49-46-43-24-21-18-15-12-9-3)76-67(71)60-57-54-51-48-45-42-40-37-30-28-26-23-20-17-14-11-8-2/h10,13,19-20,22-23,27-30,32-33,35-36,39-42,55,58,64-65H,7-9,11-12,14-18,21,24-26,31,34,37-38,43-54,56-57,59-63H2,1-6H3,(H-,68,70,72,73)/b13-10-,22-19-,23-20-,29-27-,30-28-,33-32-,36-35-,41-39-,42-40-,58-55-. The lowest BCUT2D eigenvalue weighted by molar-refractivity contribution is -0.870. The number of allylic oxidation sites excluding steroid dienone is 19. The molecule has 0 aliphatic rings. The summed E-state index contributed by atoms with van der Waals surface area (Å²) < 4.78 is 30.2. The molecule has 0 spiro atoms. The van der Waals surface area contributed by atoms with Crippen LogP contribution in [0.2, 0.25) is 0 Å². The van der Waals surface area contributed by atoms with Gasteiger partial charge < -0.3 is 28.5 Å². The van der Waals surface area contributed by atoms with E-state index < -0.39 is 26.6 Å².